The average molecular weight is 1690 g/mol. The quantitative estimate of drug-likeness (QED) is 0.0420. The molecule has 16 aromatic rings. The number of furan rings is 2. The summed E-state index contributed by atoms with van der Waals surface area (Å²) >= 11 is 0. The van der Waals surface area contributed by atoms with Crippen molar-refractivity contribution in [3.63, 3.8) is 0 Å². The molecule has 3 nitrogen and oxygen atoms in total. The van der Waals surface area contributed by atoms with Gasteiger partial charge in [0.2, 0.25) is 0 Å². The van der Waals surface area contributed by atoms with E-state index >= 15 is 0 Å². The summed E-state index contributed by atoms with van der Waals surface area (Å²) in [5.41, 5.74) is 46.8. The van der Waals surface area contributed by atoms with Gasteiger partial charge in [-0.05, 0) is 243 Å². The number of hydrogen-bond acceptors (Lipinski definition) is 3. The highest BCUT2D eigenvalue weighted by atomic mass is 16.3. The maximum Gasteiger partial charge on any atom is 0.144 e. The third-order valence-corrected chi connectivity index (χ3v) is 32.8. The Morgan fingerprint density at radius 3 is 1.16 bits per heavy atom. The Bertz CT molecular complexity index is 7110. The zero-order chi connectivity index (χ0) is 88.0. The minimum absolute atomic E-state index is 0.0356. The van der Waals surface area contributed by atoms with Gasteiger partial charge in [-0.15, -0.1) is 0 Å². The Hall–Kier alpha value is -11.5. The molecule has 14 aromatic carbocycles. The van der Waals surface area contributed by atoms with Crippen LogP contribution in [-0.2, 0) is 32.5 Å². The van der Waals surface area contributed by atoms with Gasteiger partial charge >= 0.3 is 0 Å². The van der Waals surface area contributed by atoms with E-state index in [0.29, 0.717) is 0 Å². The Morgan fingerprint density at radius 2 is 0.597 bits per heavy atom. The van der Waals surface area contributed by atoms with E-state index in [-0.39, 0.29) is 27.1 Å². The fourth-order valence-corrected chi connectivity index (χ4v) is 26.2. The molecule has 0 radical (unpaired) electrons. The maximum atomic E-state index is 7.47. The number of benzene rings is 14. The summed E-state index contributed by atoms with van der Waals surface area (Å²) in [6, 6.07) is 103. The molecule has 0 spiro atoms. The van der Waals surface area contributed by atoms with Gasteiger partial charge < -0.3 is 13.7 Å². The summed E-state index contributed by atoms with van der Waals surface area (Å²) in [5.74, 6) is 0. The van der Waals surface area contributed by atoms with Crippen molar-refractivity contribution >= 4 is 60.9 Å². The average Bonchev–Trinajstić information content (AvgIpc) is 1.50. The van der Waals surface area contributed by atoms with Gasteiger partial charge in [0.15, 0.2) is 0 Å². The van der Waals surface area contributed by atoms with Gasteiger partial charge in [0, 0.05) is 82.1 Å². The zero-order valence-corrected chi connectivity index (χ0v) is 78.6. The monoisotopic (exact) mass is 1690 g/mol. The number of hydrogen-bond donors (Lipinski definition) is 0. The lowest BCUT2D eigenvalue weighted by molar-refractivity contribution is 0.399. The number of unbranched alkanes of at least 4 members (excludes halogenated alkanes) is 16. The number of anilines is 3. The van der Waals surface area contributed by atoms with E-state index in [1.165, 1.54) is 323 Å². The summed E-state index contributed by atoms with van der Waals surface area (Å²) in [7, 11) is 0. The zero-order valence-electron chi connectivity index (χ0n) is 78.6. The van der Waals surface area contributed by atoms with E-state index in [0.717, 1.165) is 48.0 Å². The van der Waals surface area contributed by atoms with E-state index in [2.05, 4.69) is 349 Å². The molecule has 0 amide bonds. The molecule has 0 N–H and O–H groups in total. The molecular formula is C126H127NO2. The number of nitrogens with zero attached hydrogens (tertiary/aromatic N) is 1. The molecule has 0 atom stereocenters. The van der Waals surface area contributed by atoms with Gasteiger partial charge in [0.1, 0.15) is 22.3 Å². The highest BCUT2D eigenvalue weighted by Gasteiger charge is 2.51. The van der Waals surface area contributed by atoms with E-state index in [1.54, 1.807) is 11.1 Å². The first kappa shape index (κ1) is 83.1. The molecule has 0 unspecified atom stereocenters. The molecule has 0 bridgehead atoms. The summed E-state index contributed by atoms with van der Waals surface area (Å²) < 4.78 is 14.7. The minimum Gasteiger partial charge on any atom is -0.455 e. The molecule has 6 aliphatic rings. The Balaban J connectivity index is 0.666. The SMILES string of the molecule is CCCCCCCC1(CCCCCCC)c2ccccc2-c2ccc(-c3ccc4c(c3)C(C)(C)c3cc(-c5ccc(-c6cc7c(c8c6oc6ccccc68)-c6ccc(N(c8ccc9c(c8)C(C)(C)c8c%10c(c%11oc%12ccccc%12c%11c8-9)-c8ccccc8C%10(C)C)c8cccc9c8-c8ccccc8C9(C)C)cc6C7(CCCCCCC)CCCCCCC)cc5)ccc3-4)cc21. The van der Waals surface area contributed by atoms with Crippen LogP contribution < -0.4 is 4.90 Å². The highest BCUT2D eigenvalue weighted by Crippen LogP contribution is 2.67. The number of para-hydroxylation sites is 2. The maximum absolute atomic E-state index is 7.47. The fourth-order valence-electron chi connectivity index (χ4n) is 26.2. The van der Waals surface area contributed by atoms with Crippen LogP contribution in [0.15, 0.2) is 270 Å². The first-order valence-corrected chi connectivity index (χ1v) is 49.9. The van der Waals surface area contributed by atoms with Gasteiger partial charge in [-0.3, -0.25) is 0 Å². The van der Waals surface area contributed by atoms with Crippen LogP contribution in [0, 0.1) is 0 Å². The largest absolute Gasteiger partial charge is 0.455 e. The van der Waals surface area contributed by atoms with Crippen molar-refractivity contribution in [3.05, 3.63) is 328 Å². The fraction of sp³-hybridized carbons (Fsp3) is 0.333. The molecule has 2 heterocycles. The van der Waals surface area contributed by atoms with Crippen molar-refractivity contribution in [1.29, 1.82) is 0 Å². The van der Waals surface area contributed by atoms with E-state index in [4.69, 9.17) is 8.83 Å². The summed E-state index contributed by atoms with van der Waals surface area (Å²) in [4.78, 5) is 2.71. The highest BCUT2D eigenvalue weighted by molar-refractivity contribution is 6.22. The van der Waals surface area contributed by atoms with Crippen molar-refractivity contribution < 1.29 is 8.83 Å². The molecular weight excluding hydrogens is 1560 g/mol. The summed E-state index contributed by atoms with van der Waals surface area (Å²) in [6.07, 6.45) is 29.7. The second-order valence-corrected chi connectivity index (χ2v) is 41.8. The molecule has 22 rings (SSSR count). The van der Waals surface area contributed by atoms with Crippen LogP contribution in [0.4, 0.5) is 17.1 Å². The van der Waals surface area contributed by atoms with Crippen molar-refractivity contribution in [3.8, 4) is 100 Å². The molecule has 129 heavy (non-hydrogen) atoms. The Kier molecular flexibility index (Phi) is 20.8. The standard InChI is InChI=1S/C126H127NO2/c1-13-17-21-25-39-70-125(71-40-26-22-18-14-2)100-51-36-29-44-87(100)90-67-62-84(76-105(90)125)83-61-66-89-88-65-60-82(74-102(88)122(7,8)103(89)75-83)80-56-58-81(59-57-80)97-79-107-112(114-95-47-32-37-54-109(95)128-119(97)114)94-69-64-86(78-106(94)126(107,72-41-27-23-19-15-3)73-42-28-24-20-16-4)127(108-53-43-52-101-111(108)91-45-30-34-49-98(91)121(101,5)6)85-63-68-93-104(77-85)124(11,12)117-113(93)115-96-48-33-38-55-110(96)129-120(115)116-92-46-31-35-50-99(92)123(9,10)118(116)117/h29-38,43-69,74-79H,13-28,39-42,70-73H2,1-12H3. The number of rotatable bonds is 30. The van der Waals surface area contributed by atoms with Crippen LogP contribution in [0.5, 0.6) is 0 Å². The van der Waals surface area contributed by atoms with Gasteiger partial charge in [-0.25, -0.2) is 0 Å². The Labute approximate surface area is 766 Å². The number of fused-ring (bicyclic) bond motifs is 28. The van der Waals surface area contributed by atoms with Crippen molar-refractivity contribution in [1.82, 2.24) is 0 Å². The molecule has 0 fully saturated rings. The molecule has 0 saturated heterocycles. The van der Waals surface area contributed by atoms with Crippen LogP contribution in [0.25, 0.3) is 144 Å². The lowest BCUT2D eigenvalue weighted by atomic mass is 9.70. The molecule has 0 aliphatic heterocycles. The smallest absolute Gasteiger partial charge is 0.144 e. The van der Waals surface area contributed by atoms with Crippen molar-refractivity contribution in [2.45, 2.75) is 270 Å². The van der Waals surface area contributed by atoms with Gasteiger partial charge in [-0.2, -0.15) is 0 Å². The molecule has 6 aliphatic carbocycles. The molecule has 0 saturated carbocycles. The summed E-state index contributed by atoms with van der Waals surface area (Å²) in [6.45, 7) is 29.2. The first-order chi connectivity index (χ1) is 62.9. The molecule has 3 heteroatoms. The van der Waals surface area contributed by atoms with Crippen molar-refractivity contribution in [2.24, 2.45) is 0 Å². The van der Waals surface area contributed by atoms with Crippen molar-refractivity contribution in [2.75, 3.05) is 4.90 Å². The lowest BCUT2D eigenvalue weighted by Crippen LogP contribution is -2.26. The Morgan fingerprint density at radius 1 is 0.233 bits per heavy atom. The van der Waals surface area contributed by atoms with E-state index in [9.17, 15) is 0 Å². The molecule has 2 aromatic heterocycles. The second-order valence-electron chi connectivity index (χ2n) is 41.8. The topological polar surface area (TPSA) is 29.5 Å². The third-order valence-electron chi connectivity index (χ3n) is 32.8. The van der Waals surface area contributed by atoms with Crippen LogP contribution in [-0.4, -0.2) is 0 Å². The van der Waals surface area contributed by atoms with Gasteiger partial charge in [0.05, 0.1) is 5.69 Å². The predicted octanol–water partition coefficient (Wildman–Crippen LogP) is 37.2. The van der Waals surface area contributed by atoms with Crippen LogP contribution in [0.2, 0.25) is 0 Å². The van der Waals surface area contributed by atoms with E-state index in [1.807, 2.05) is 0 Å². The van der Waals surface area contributed by atoms with Gasteiger partial charge in [0.25, 0.3) is 0 Å². The van der Waals surface area contributed by atoms with Crippen LogP contribution >= 0.6 is 0 Å². The van der Waals surface area contributed by atoms with Crippen LogP contribution in [0.3, 0.4) is 0 Å². The normalized spacial score (nSPS) is 15.6. The second kappa shape index (κ2) is 32.2. The first-order valence-electron chi connectivity index (χ1n) is 49.9. The van der Waals surface area contributed by atoms with Gasteiger partial charge in [-0.1, -0.05) is 406 Å². The predicted molar refractivity (Wildman–Crippen MR) is 548 cm³/mol. The van der Waals surface area contributed by atoms with E-state index < -0.39 is 5.41 Å². The minimum atomic E-state index is -0.400. The van der Waals surface area contributed by atoms with Crippen LogP contribution in [0.1, 0.15) is 304 Å². The summed E-state index contributed by atoms with van der Waals surface area (Å²) in [5, 5.41) is 4.83. The molecule has 648 valence electrons. The third kappa shape index (κ3) is 12.9. The lowest BCUT2D eigenvalue weighted by Gasteiger charge is -2.35.